The average Bonchev–Trinajstić information content (AvgIpc) is 2.64. The van der Waals surface area contributed by atoms with Crippen molar-refractivity contribution in [2.75, 3.05) is 26.8 Å². The number of benzene rings is 1. The van der Waals surface area contributed by atoms with E-state index in [1.807, 2.05) is 12.1 Å². The van der Waals surface area contributed by atoms with E-state index in [-0.39, 0.29) is 12.5 Å². The molecule has 0 bridgehead atoms. The molecule has 5 nitrogen and oxygen atoms in total. The molecule has 1 aliphatic rings. The van der Waals surface area contributed by atoms with Crippen molar-refractivity contribution in [1.82, 2.24) is 10.6 Å². The molecule has 2 rings (SSSR count). The predicted molar refractivity (Wildman–Crippen MR) is 72.8 cm³/mol. The molecule has 0 fully saturated rings. The summed E-state index contributed by atoms with van der Waals surface area (Å²) in [6.45, 7) is 2.05. The van der Waals surface area contributed by atoms with Gasteiger partial charge in [0, 0.05) is 20.0 Å². The second-order valence-corrected chi connectivity index (χ2v) is 4.64. The van der Waals surface area contributed by atoms with Crippen LogP contribution < -0.4 is 20.1 Å². The van der Waals surface area contributed by atoms with Crippen LogP contribution in [0.1, 0.15) is 12.0 Å². The van der Waals surface area contributed by atoms with E-state index in [4.69, 9.17) is 21.1 Å². The number of fused-ring (bicyclic) bond motifs is 1. The Morgan fingerprint density at radius 3 is 2.95 bits per heavy atom. The van der Waals surface area contributed by atoms with Crippen molar-refractivity contribution in [2.45, 2.75) is 13.0 Å². The molecule has 19 heavy (non-hydrogen) atoms. The Hall–Kier alpha value is -1.46. The summed E-state index contributed by atoms with van der Waals surface area (Å²) in [6.07, 6.45) is 0.843. The summed E-state index contributed by atoms with van der Waals surface area (Å²) >= 11 is 6.18. The Bertz CT molecular complexity index is 465. The minimum Gasteiger partial charge on any atom is -0.489 e. The molecule has 0 spiro atoms. The second-order valence-electron chi connectivity index (χ2n) is 4.23. The molecule has 0 radical (unpaired) electrons. The Kier molecular flexibility index (Phi) is 4.87. The highest BCUT2D eigenvalue weighted by molar-refractivity contribution is 6.32. The van der Waals surface area contributed by atoms with Crippen LogP contribution in [0.25, 0.3) is 0 Å². The topological polar surface area (TPSA) is 59.6 Å². The van der Waals surface area contributed by atoms with Crippen LogP contribution in [0.5, 0.6) is 11.5 Å². The van der Waals surface area contributed by atoms with Crippen molar-refractivity contribution in [3.8, 4) is 11.5 Å². The Balaban J connectivity index is 2.04. The maximum atomic E-state index is 11.1. The molecule has 6 heteroatoms. The predicted octanol–water partition coefficient (Wildman–Crippen LogP) is 1.34. The van der Waals surface area contributed by atoms with E-state index >= 15 is 0 Å². The van der Waals surface area contributed by atoms with Gasteiger partial charge in [-0.05, 0) is 17.7 Å². The van der Waals surface area contributed by atoms with E-state index in [2.05, 4.69) is 10.6 Å². The second kappa shape index (κ2) is 6.63. The normalized spacial score (nSPS) is 13.8. The lowest BCUT2D eigenvalue weighted by molar-refractivity contribution is -0.119. The summed E-state index contributed by atoms with van der Waals surface area (Å²) in [4.78, 5) is 11.1. The van der Waals surface area contributed by atoms with Crippen LogP contribution in [-0.4, -0.2) is 32.7 Å². The summed E-state index contributed by atoms with van der Waals surface area (Å²) in [7, 11) is 1.61. The molecule has 1 aliphatic heterocycles. The number of ether oxygens (including phenoxy) is 2. The molecular formula is C13H17ClN2O3. The first kappa shape index (κ1) is 14.0. The highest BCUT2D eigenvalue weighted by Gasteiger charge is 2.15. The fourth-order valence-corrected chi connectivity index (χ4v) is 2.08. The van der Waals surface area contributed by atoms with Gasteiger partial charge in [0.1, 0.15) is 0 Å². The van der Waals surface area contributed by atoms with Crippen LogP contribution >= 0.6 is 11.6 Å². The van der Waals surface area contributed by atoms with Gasteiger partial charge < -0.3 is 20.1 Å². The number of likely N-dealkylation sites (N-methyl/N-ethyl adjacent to an activating group) is 1. The van der Waals surface area contributed by atoms with Crippen molar-refractivity contribution in [2.24, 2.45) is 0 Å². The Morgan fingerprint density at radius 2 is 2.16 bits per heavy atom. The fourth-order valence-electron chi connectivity index (χ4n) is 1.79. The summed E-state index contributed by atoms with van der Waals surface area (Å²) in [5, 5.41) is 6.12. The number of carbonyl (C=O) groups is 1. The molecule has 0 unspecified atom stereocenters. The third kappa shape index (κ3) is 3.75. The largest absolute Gasteiger partial charge is 0.489 e. The number of carbonyl (C=O) groups excluding carboxylic acids is 1. The van der Waals surface area contributed by atoms with Crippen molar-refractivity contribution in [1.29, 1.82) is 0 Å². The van der Waals surface area contributed by atoms with Crippen molar-refractivity contribution in [3.05, 3.63) is 22.7 Å². The molecule has 0 saturated heterocycles. The molecule has 0 atom stereocenters. The smallest absolute Gasteiger partial charge is 0.233 e. The zero-order valence-electron chi connectivity index (χ0n) is 10.8. The number of nitrogens with one attached hydrogen (secondary N) is 2. The molecule has 1 aromatic rings. The maximum absolute atomic E-state index is 11.1. The minimum atomic E-state index is -0.0551. The van der Waals surface area contributed by atoms with Crippen molar-refractivity contribution >= 4 is 17.5 Å². The standard InChI is InChI=1S/C13H17ClN2O3/c1-15-12(17)8-16-7-9-5-10(14)13-11(6-9)18-3-2-4-19-13/h5-6,16H,2-4,7-8H2,1H3,(H,15,17). The highest BCUT2D eigenvalue weighted by atomic mass is 35.5. The quantitative estimate of drug-likeness (QED) is 0.876. The molecular weight excluding hydrogens is 268 g/mol. The summed E-state index contributed by atoms with van der Waals surface area (Å²) < 4.78 is 11.2. The Labute approximate surface area is 117 Å². The lowest BCUT2D eigenvalue weighted by Crippen LogP contribution is -2.30. The van der Waals surface area contributed by atoms with Gasteiger partial charge in [0.15, 0.2) is 11.5 Å². The van der Waals surface area contributed by atoms with E-state index in [0.717, 1.165) is 12.0 Å². The SMILES string of the molecule is CNC(=O)CNCc1cc(Cl)c2c(c1)OCCCO2. The molecule has 1 heterocycles. The van der Waals surface area contributed by atoms with E-state index in [9.17, 15) is 4.79 Å². The molecule has 104 valence electrons. The van der Waals surface area contributed by atoms with E-state index in [0.29, 0.717) is 36.3 Å². The van der Waals surface area contributed by atoms with Crippen LogP contribution in [0.2, 0.25) is 5.02 Å². The zero-order chi connectivity index (χ0) is 13.7. The number of rotatable bonds is 4. The number of hydrogen-bond acceptors (Lipinski definition) is 4. The first-order valence-corrected chi connectivity index (χ1v) is 6.58. The van der Waals surface area contributed by atoms with Crippen LogP contribution in [0.15, 0.2) is 12.1 Å². The van der Waals surface area contributed by atoms with Crippen molar-refractivity contribution in [3.63, 3.8) is 0 Å². The van der Waals surface area contributed by atoms with Gasteiger partial charge in [0.25, 0.3) is 0 Å². The zero-order valence-corrected chi connectivity index (χ0v) is 11.5. The van der Waals surface area contributed by atoms with Gasteiger partial charge in [-0.15, -0.1) is 0 Å². The van der Waals surface area contributed by atoms with Gasteiger partial charge in [-0.2, -0.15) is 0 Å². The third-order valence-electron chi connectivity index (χ3n) is 2.76. The first-order valence-electron chi connectivity index (χ1n) is 6.20. The molecule has 2 N–H and O–H groups in total. The molecule has 1 aromatic carbocycles. The van der Waals surface area contributed by atoms with E-state index in [1.54, 1.807) is 7.05 Å². The van der Waals surface area contributed by atoms with Gasteiger partial charge >= 0.3 is 0 Å². The number of hydrogen-bond donors (Lipinski definition) is 2. The summed E-state index contributed by atoms with van der Waals surface area (Å²) in [6, 6.07) is 3.72. The molecule has 0 aliphatic carbocycles. The molecule has 0 aromatic heterocycles. The van der Waals surface area contributed by atoms with E-state index < -0.39 is 0 Å². The molecule has 0 saturated carbocycles. The van der Waals surface area contributed by atoms with Gasteiger partial charge in [-0.3, -0.25) is 4.79 Å². The van der Waals surface area contributed by atoms with Gasteiger partial charge in [-0.1, -0.05) is 11.6 Å². The average molecular weight is 285 g/mol. The minimum absolute atomic E-state index is 0.0551. The highest BCUT2D eigenvalue weighted by Crippen LogP contribution is 2.37. The third-order valence-corrected chi connectivity index (χ3v) is 3.04. The van der Waals surface area contributed by atoms with Crippen LogP contribution in [0.3, 0.4) is 0 Å². The number of halogens is 1. The van der Waals surface area contributed by atoms with Crippen LogP contribution in [-0.2, 0) is 11.3 Å². The summed E-state index contributed by atoms with van der Waals surface area (Å²) in [5.41, 5.74) is 0.957. The van der Waals surface area contributed by atoms with Crippen LogP contribution in [0.4, 0.5) is 0 Å². The Morgan fingerprint density at radius 1 is 1.37 bits per heavy atom. The molecule has 1 amide bonds. The summed E-state index contributed by atoms with van der Waals surface area (Å²) in [5.74, 6) is 1.22. The monoisotopic (exact) mass is 284 g/mol. The first-order chi connectivity index (χ1) is 9.20. The van der Waals surface area contributed by atoms with E-state index in [1.165, 1.54) is 0 Å². The lowest BCUT2D eigenvalue weighted by Gasteiger charge is -2.12. The van der Waals surface area contributed by atoms with Crippen LogP contribution in [0, 0.1) is 0 Å². The van der Waals surface area contributed by atoms with Gasteiger partial charge in [0.05, 0.1) is 24.8 Å². The van der Waals surface area contributed by atoms with Crippen molar-refractivity contribution < 1.29 is 14.3 Å². The maximum Gasteiger partial charge on any atom is 0.233 e. The number of amides is 1. The van der Waals surface area contributed by atoms with Gasteiger partial charge in [0.2, 0.25) is 5.91 Å². The fraction of sp³-hybridized carbons (Fsp3) is 0.462. The van der Waals surface area contributed by atoms with Gasteiger partial charge in [-0.25, -0.2) is 0 Å². The lowest BCUT2D eigenvalue weighted by atomic mass is 10.2.